The van der Waals surface area contributed by atoms with E-state index in [1.807, 2.05) is 0 Å². The third-order valence-electron chi connectivity index (χ3n) is 5.42. The lowest BCUT2D eigenvalue weighted by atomic mass is 9.95. The molecule has 0 radical (unpaired) electrons. The van der Waals surface area contributed by atoms with Crippen molar-refractivity contribution in [1.82, 2.24) is 5.32 Å². The summed E-state index contributed by atoms with van der Waals surface area (Å²) in [5, 5.41) is 3.03. The number of ether oxygens (including phenoxy) is 2. The third-order valence-corrected chi connectivity index (χ3v) is 6.56. The Labute approximate surface area is 147 Å². The van der Waals surface area contributed by atoms with Crippen molar-refractivity contribution < 1.29 is 22.7 Å². The first-order valence-corrected chi connectivity index (χ1v) is 10.4. The van der Waals surface area contributed by atoms with Gasteiger partial charge in [0, 0.05) is 12.1 Å². The van der Waals surface area contributed by atoms with Gasteiger partial charge in [-0.15, -0.1) is 0 Å². The van der Waals surface area contributed by atoms with E-state index in [9.17, 15) is 13.2 Å². The summed E-state index contributed by atoms with van der Waals surface area (Å²) in [4.78, 5) is 12.5. The standard InChI is InChI=1S/C17H22N2O5S/c1-25(21,22)19(13-4-5-15-16(8-13)24-10-23-15)9-17(20)18-14-7-11-2-3-12(14)6-11/h4-5,8,11-12,14H,2-3,6-7,9-10H2,1H3,(H,18,20)/t11-,12-,14-/m1/s1. The van der Waals surface area contributed by atoms with E-state index in [1.165, 1.54) is 12.8 Å². The first-order chi connectivity index (χ1) is 11.9. The van der Waals surface area contributed by atoms with Crippen molar-refractivity contribution in [2.75, 3.05) is 23.9 Å². The lowest BCUT2D eigenvalue weighted by Crippen LogP contribution is -2.45. The fraction of sp³-hybridized carbons (Fsp3) is 0.588. The van der Waals surface area contributed by atoms with Crippen molar-refractivity contribution in [3.63, 3.8) is 0 Å². The topological polar surface area (TPSA) is 84.9 Å². The Balaban J connectivity index is 1.49. The molecule has 7 nitrogen and oxygen atoms in total. The Bertz CT molecular complexity index is 794. The van der Waals surface area contributed by atoms with E-state index in [0.29, 0.717) is 23.1 Å². The minimum atomic E-state index is -3.60. The molecule has 2 fully saturated rings. The molecule has 2 bridgehead atoms. The molecule has 136 valence electrons. The van der Waals surface area contributed by atoms with Gasteiger partial charge >= 0.3 is 0 Å². The Hall–Kier alpha value is -1.96. The first kappa shape index (κ1) is 16.5. The van der Waals surface area contributed by atoms with Crippen LogP contribution in [0.1, 0.15) is 25.7 Å². The smallest absolute Gasteiger partial charge is 0.241 e. The molecular formula is C17H22N2O5S. The first-order valence-electron chi connectivity index (χ1n) is 8.57. The molecule has 0 aromatic heterocycles. The van der Waals surface area contributed by atoms with Gasteiger partial charge in [0.2, 0.25) is 22.7 Å². The molecule has 1 heterocycles. The van der Waals surface area contributed by atoms with Crippen LogP contribution in [-0.4, -0.2) is 40.0 Å². The molecule has 1 aliphatic heterocycles. The average molecular weight is 366 g/mol. The SMILES string of the molecule is CS(=O)(=O)N(CC(=O)N[C@@H]1C[C@@H]2CC[C@@H]1C2)c1ccc2c(c1)OCO2. The van der Waals surface area contributed by atoms with Gasteiger partial charge in [-0.3, -0.25) is 9.10 Å². The average Bonchev–Trinajstić information content (AvgIpc) is 3.26. The van der Waals surface area contributed by atoms with Gasteiger partial charge < -0.3 is 14.8 Å². The predicted octanol–water partition coefficient (Wildman–Crippen LogP) is 1.49. The monoisotopic (exact) mass is 366 g/mol. The molecule has 8 heteroatoms. The Morgan fingerprint density at radius 1 is 1.24 bits per heavy atom. The van der Waals surface area contributed by atoms with E-state index in [-0.39, 0.29) is 25.3 Å². The zero-order chi connectivity index (χ0) is 17.6. The summed E-state index contributed by atoms with van der Waals surface area (Å²) in [5.41, 5.74) is 0.398. The predicted molar refractivity (Wildman–Crippen MR) is 92.1 cm³/mol. The summed E-state index contributed by atoms with van der Waals surface area (Å²) in [6.45, 7) is -0.116. The summed E-state index contributed by atoms with van der Waals surface area (Å²) in [6, 6.07) is 5.06. The van der Waals surface area contributed by atoms with Gasteiger partial charge in [-0.1, -0.05) is 6.42 Å². The summed E-state index contributed by atoms with van der Waals surface area (Å²) < 4.78 is 36.1. The van der Waals surface area contributed by atoms with Crippen molar-refractivity contribution in [2.45, 2.75) is 31.7 Å². The number of amides is 1. The molecule has 1 aromatic carbocycles. The van der Waals surface area contributed by atoms with Crippen LogP contribution in [0.25, 0.3) is 0 Å². The van der Waals surface area contributed by atoms with Crippen LogP contribution in [0, 0.1) is 11.8 Å². The van der Waals surface area contributed by atoms with E-state index < -0.39 is 10.0 Å². The fourth-order valence-electron chi connectivity index (χ4n) is 4.24. The zero-order valence-corrected chi connectivity index (χ0v) is 14.9. The van der Waals surface area contributed by atoms with Crippen LogP contribution >= 0.6 is 0 Å². The van der Waals surface area contributed by atoms with Crippen LogP contribution < -0.4 is 19.1 Å². The highest BCUT2D eigenvalue weighted by atomic mass is 32.2. The molecule has 25 heavy (non-hydrogen) atoms. The molecule has 1 amide bonds. The second-order valence-electron chi connectivity index (χ2n) is 7.16. The Morgan fingerprint density at radius 2 is 2.04 bits per heavy atom. The normalized spacial score (nSPS) is 26.7. The Morgan fingerprint density at radius 3 is 2.72 bits per heavy atom. The number of carbonyl (C=O) groups is 1. The van der Waals surface area contributed by atoms with Crippen molar-refractivity contribution in [1.29, 1.82) is 0 Å². The van der Waals surface area contributed by atoms with E-state index in [2.05, 4.69) is 5.32 Å². The molecular weight excluding hydrogens is 344 g/mol. The quantitative estimate of drug-likeness (QED) is 0.853. The molecule has 4 rings (SSSR count). The number of anilines is 1. The number of benzene rings is 1. The second-order valence-corrected chi connectivity index (χ2v) is 9.06. The minimum Gasteiger partial charge on any atom is -0.454 e. The lowest BCUT2D eigenvalue weighted by molar-refractivity contribution is -0.120. The third kappa shape index (κ3) is 3.27. The van der Waals surface area contributed by atoms with E-state index in [0.717, 1.165) is 29.3 Å². The number of rotatable bonds is 5. The number of fused-ring (bicyclic) bond motifs is 3. The molecule has 1 aromatic rings. The van der Waals surface area contributed by atoms with E-state index in [1.54, 1.807) is 18.2 Å². The van der Waals surface area contributed by atoms with Crippen molar-refractivity contribution in [2.24, 2.45) is 11.8 Å². The van der Waals surface area contributed by atoms with Gasteiger partial charge in [-0.05, 0) is 43.2 Å². The van der Waals surface area contributed by atoms with Gasteiger partial charge in [0.15, 0.2) is 11.5 Å². The Kier molecular flexibility index (Phi) is 4.02. The van der Waals surface area contributed by atoms with Gasteiger partial charge in [-0.2, -0.15) is 0 Å². The van der Waals surface area contributed by atoms with Crippen LogP contribution in [0.2, 0.25) is 0 Å². The van der Waals surface area contributed by atoms with Crippen LogP contribution in [0.4, 0.5) is 5.69 Å². The van der Waals surface area contributed by atoms with Crippen LogP contribution in [-0.2, 0) is 14.8 Å². The molecule has 1 N–H and O–H groups in total. The second kappa shape index (κ2) is 6.09. The van der Waals surface area contributed by atoms with Gasteiger partial charge in [0.05, 0.1) is 11.9 Å². The largest absolute Gasteiger partial charge is 0.454 e. The number of hydrogen-bond acceptors (Lipinski definition) is 5. The maximum atomic E-state index is 12.5. The van der Waals surface area contributed by atoms with Gasteiger partial charge in [0.1, 0.15) is 6.54 Å². The molecule has 2 saturated carbocycles. The molecule has 0 saturated heterocycles. The lowest BCUT2D eigenvalue weighted by Gasteiger charge is -2.26. The summed E-state index contributed by atoms with van der Waals surface area (Å²) in [6.07, 6.45) is 5.71. The minimum absolute atomic E-state index is 0.113. The van der Waals surface area contributed by atoms with Crippen LogP contribution in [0.5, 0.6) is 11.5 Å². The molecule has 3 aliphatic rings. The highest BCUT2D eigenvalue weighted by Crippen LogP contribution is 2.44. The van der Waals surface area contributed by atoms with Gasteiger partial charge in [0.25, 0.3) is 0 Å². The number of carbonyl (C=O) groups excluding carboxylic acids is 1. The van der Waals surface area contributed by atoms with E-state index in [4.69, 9.17) is 9.47 Å². The molecule has 0 spiro atoms. The number of nitrogens with zero attached hydrogens (tertiary/aromatic N) is 1. The maximum Gasteiger partial charge on any atom is 0.241 e. The van der Waals surface area contributed by atoms with Crippen molar-refractivity contribution >= 4 is 21.6 Å². The van der Waals surface area contributed by atoms with E-state index >= 15 is 0 Å². The summed E-state index contributed by atoms with van der Waals surface area (Å²) in [5.74, 6) is 2.06. The number of sulfonamides is 1. The number of hydrogen-bond donors (Lipinski definition) is 1. The maximum absolute atomic E-state index is 12.5. The molecule has 2 aliphatic carbocycles. The highest BCUT2D eigenvalue weighted by Gasteiger charge is 2.40. The molecule has 0 unspecified atom stereocenters. The van der Waals surface area contributed by atoms with Crippen molar-refractivity contribution in [3.05, 3.63) is 18.2 Å². The zero-order valence-electron chi connectivity index (χ0n) is 14.1. The van der Waals surface area contributed by atoms with Crippen molar-refractivity contribution in [3.8, 4) is 11.5 Å². The summed E-state index contributed by atoms with van der Waals surface area (Å²) >= 11 is 0. The number of nitrogens with one attached hydrogen (secondary N) is 1. The van der Waals surface area contributed by atoms with Crippen LogP contribution in [0.15, 0.2) is 18.2 Å². The van der Waals surface area contributed by atoms with Gasteiger partial charge in [-0.25, -0.2) is 8.42 Å². The van der Waals surface area contributed by atoms with Crippen LogP contribution in [0.3, 0.4) is 0 Å². The molecule has 3 atom stereocenters. The summed E-state index contributed by atoms with van der Waals surface area (Å²) in [7, 11) is -3.60. The fourth-order valence-corrected chi connectivity index (χ4v) is 5.09. The highest BCUT2D eigenvalue weighted by molar-refractivity contribution is 7.92.